The number of halogens is 1. The molecule has 5 nitrogen and oxygen atoms in total. The maximum Gasteiger partial charge on any atom is 0.191 e. The van der Waals surface area contributed by atoms with E-state index in [0.717, 1.165) is 63.8 Å². The van der Waals surface area contributed by atoms with E-state index in [9.17, 15) is 4.39 Å². The molecule has 4 rings (SSSR count). The molecule has 1 aliphatic carbocycles. The van der Waals surface area contributed by atoms with Crippen LogP contribution in [0.3, 0.4) is 0 Å². The number of rotatable bonds is 8. The smallest absolute Gasteiger partial charge is 0.191 e. The average Bonchev–Trinajstić information content (AvgIpc) is 3.58. The molecular formula is C25H33FN4O. The van der Waals surface area contributed by atoms with Gasteiger partial charge in [0, 0.05) is 38.1 Å². The first-order valence-electron chi connectivity index (χ1n) is 11.3. The number of ether oxygens (including phenoxy) is 1. The molecular weight excluding hydrogens is 391 g/mol. The van der Waals surface area contributed by atoms with Crippen molar-refractivity contribution in [3.05, 3.63) is 71.0 Å². The van der Waals surface area contributed by atoms with Crippen LogP contribution < -0.4 is 10.6 Å². The summed E-state index contributed by atoms with van der Waals surface area (Å²) >= 11 is 0. The van der Waals surface area contributed by atoms with Crippen LogP contribution in [0.2, 0.25) is 0 Å². The number of morpholine rings is 1. The maximum absolute atomic E-state index is 14.3. The molecule has 0 radical (unpaired) electrons. The van der Waals surface area contributed by atoms with Gasteiger partial charge in [-0.05, 0) is 42.5 Å². The number of aliphatic imine (C=N–C) groups is 1. The quantitative estimate of drug-likeness (QED) is 0.504. The van der Waals surface area contributed by atoms with Gasteiger partial charge in [0.1, 0.15) is 5.82 Å². The average molecular weight is 425 g/mol. The lowest BCUT2D eigenvalue weighted by atomic mass is 9.95. The maximum atomic E-state index is 14.3. The van der Waals surface area contributed by atoms with Gasteiger partial charge in [0.15, 0.2) is 5.96 Å². The second-order valence-electron chi connectivity index (χ2n) is 8.52. The van der Waals surface area contributed by atoms with E-state index in [1.54, 1.807) is 12.1 Å². The third-order valence-corrected chi connectivity index (χ3v) is 6.16. The van der Waals surface area contributed by atoms with E-state index < -0.39 is 0 Å². The SMILES string of the molecule is CCNC(=NCc1cccc(CN2CCOCC2)c1)NCC1(c2ccccc2F)CC1. The first kappa shape index (κ1) is 21.8. The van der Waals surface area contributed by atoms with E-state index in [4.69, 9.17) is 9.73 Å². The summed E-state index contributed by atoms with van der Waals surface area (Å²) in [7, 11) is 0. The third kappa shape index (κ3) is 5.83. The zero-order valence-electron chi connectivity index (χ0n) is 18.4. The van der Waals surface area contributed by atoms with Crippen LogP contribution in [0.1, 0.15) is 36.5 Å². The summed E-state index contributed by atoms with van der Waals surface area (Å²) in [6, 6.07) is 15.8. The minimum atomic E-state index is -0.111. The van der Waals surface area contributed by atoms with E-state index in [2.05, 4.69) is 46.7 Å². The summed E-state index contributed by atoms with van der Waals surface area (Å²) in [5.74, 6) is 0.671. The Hall–Kier alpha value is -2.44. The molecule has 166 valence electrons. The fourth-order valence-electron chi connectivity index (χ4n) is 4.19. The van der Waals surface area contributed by atoms with Crippen LogP contribution in [-0.4, -0.2) is 50.3 Å². The molecule has 31 heavy (non-hydrogen) atoms. The Labute approximate surface area is 184 Å². The van der Waals surface area contributed by atoms with Crippen LogP contribution >= 0.6 is 0 Å². The zero-order valence-corrected chi connectivity index (χ0v) is 18.4. The first-order chi connectivity index (χ1) is 15.2. The topological polar surface area (TPSA) is 48.9 Å². The van der Waals surface area contributed by atoms with Crippen molar-refractivity contribution >= 4 is 5.96 Å². The molecule has 1 heterocycles. The van der Waals surface area contributed by atoms with E-state index in [1.807, 2.05) is 12.1 Å². The first-order valence-corrected chi connectivity index (χ1v) is 11.3. The summed E-state index contributed by atoms with van der Waals surface area (Å²) in [4.78, 5) is 7.21. The van der Waals surface area contributed by atoms with Crippen molar-refractivity contribution in [2.24, 2.45) is 4.99 Å². The molecule has 2 aromatic rings. The number of hydrogen-bond donors (Lipinski definition) is 2. The largest absolute Gasteiger partial charge is 0.379 e. The van der Waals surface area contributed by atoms with Crippen molar-refractivity contribution in [2.45, 2.75) is 38.3 Å². The number of nitrogens with zero attached hydrogens (tertiary/aromatic N) is 2. The van der Waals surface area contributed by atoms with Crippen molar-refractivity contribution in [2.75, 3.05) is 39.4 Å². The molecule has 0 aromatic heterocycles. The van der Waals surface area contributed by atoms with Gasteiger partial charge in [0.05, 0.1) is 19.8 Å². The fourth-order valence-corrected chi connectivity index (χ4v) is 4.19. The summed E-state index contributed by atoms with van der Waals surface area (Å²) in [5, 5.41) is 6.77. The highest BCUT2D eigenvalue weighted by atomic mass is 19.1. The summed E-state index contributed by atoms with van der Waals surface area (Å²) in [6.07, 6.45) is 2.01. The van der Waals surface area contributed by atoms with Crippen LogP contribution in [0.5, 0.6) is 0 Å². The Bertz CT molecular complexity index is 891. The van der Waals surface area contributed by atoms with E-state index >= 15 is 0 Å². The second kappa shape index (κ2) is 10.2. The molecule has 2 fully saturated rings. The van der Waals surface area contributed by atoms with Crippen molar-refractivity contribution in [1.29, 1.82) is 0 Å². The van der Waals surface area contributed by atoms with Gasteiger partial charge < -0.3 is 15.4 Å². The van der Waals surface area contributed by atoms with Gasteiger partial charge in [0.2, 0.25) is 0 Å². The predicted molar refractivity (Wildman–Crippen MR) is 123 cm³/mol. The Morgan fingerprint density at radius 2 is 1.84 bits per heavy atom. The minimum absolute atomic E-state index is 0.110. The van der Waals surface area contributed by atoms with Crippen LogP contribution in [-0.2, 0) is 23.2 Å². The molecule has 1 saturated carbocycles. The summed E-state index contributed by atoms with van der Waals surface area (Å²) < 4.78 is 19.7. The van der Waals surface area contributed by atoms with Crippen LogP contribution in [0.4, 0.5) is 4.39 Å². The Morgan fingerprint density at radius 1 is 1.06 bits per heavy atom. The molecule has 0 unspecified atom stereocenters. The van der Waals surface area contributed by atoms with E-state index in [1.165, 1.54) is 11.1 Å². The van der Waals surface area contributed by atoms with Crippen molar-refractivity contribution in [3.63, 3.8) is 0 Å². The molecule has 0 atom stereocenters. The standard InChI is InChI=1S/C25H33FN4O/c1-2-27-24(29-19-25(10-11-25)22-8-3-4-9-23(22)26)28-17-20-6-5-7-21(16-20)18-30-12-14-31-15-13-30/h3-9,16H,2,10-15,17-19H2,1H3,(H2,27,28,29). The molecule has 2 N–H and O–H groups in total. The number of guanidine groups is 1. The highest BCUT2D eigenvalue weighted by Gasteiger charge is 2.45. The highest BCUT2D eigenvalue weighted by Crippen LogP contribution is 2.48. The van der Waals surface area contributed by atoms with Crippen molar-refractivity contribution in [3.8, 4) is 0 Å². The third-order valence-electron chi connectivity index (χ3n) is 6.16. The summed E-state index contributed by atoms with van der Waals surface area (Å²) in [5.41, 5.74) is 3.20. The number of benzene rings is 2. The Balaban J connectivity index is 1.37. The molecule has 6 heteroatoms. The Kier molecular flexibility index (Phi) is 7.20. The van der Waals surface area contributed by atoms with Gasteiger partial charge in [-0.1, -0.05) is 42.5 Å². The molecule has 2 aliphatic rings. The molecule has 1 aliphatic heterocycles. The van der Waals surface area contributed by atoms with Gasteiger partial charge in [-0.3, -0.25) is 4.90 Å². The minimum Gasteiger partial charge on any atom is -0.379 e. The second-order valence-corrected chi connectivity index (χ2v) is 8.52. The lowest BCUT2D eigenvalue weighted by Crippen LogP contribution is -2.41. The lowest BCUT2D eigenvalue weighted by molar-refractivity contribution is 0.0342. The van der Waals surface area contributed by atoms with Gasteiger partial charge in [-0.25, -0.2) is 9.38 Å². The molecule has 0 amide bonds. The van der Waals surface area contributed by atoms with Gasteiger partial charge in [-0.2, -0.15) is 0 Å². The predicted octanol–water partition coefficient (Wildman–Crippen LogP) is 3.44. The zero-order chi connectivity index (χ0) is 21.5. The normalized spacial score (nSPS) is 18.6. The highest BCUT2D eigenvalue weighted by molar-refractivity contribution is 5.80. The summed E-state index contributed by atoms with van der Waals surface area (Å²) in [6.45, 7) is 8.70. The van der Waals surface area contributed by atoms with Gasteiger partial charge >= 0.3 is 0 Å². The lowest BCUT2D eigenvalue weighted by Gasteiger charge is -2.26. The van der Waals surface area contributed by atoms with Crippen LogP contribution in [0.25, 0.3) is 0 Å². The van der Waals surface area contributed by atoms with E-state index in [0.29, 0.717) is 13.1 Å². The van der Waals surface area contributed by atoms with Crippen molar-refractivity contribution in [1.82, 2.24) is 15.5 Å². The Morgan fingerprint density at radius 3 is 2.58 bits per heavy atom. The van der Waals surface area contributed by atoms with Crippen LogP contribution in [0.15, 0.2) is 53.5 Å². The van der Waals surface area contributed by atoms with Crippen LogP contribution in [0, 0.1) is 5.82 Å². The monoisotopic (exact) mass is 424 g/mol. The van der Waals surface area contributed by atoms with Gasteiger partial charge in [-0.15, -0.1) is 0 Å². The fraction of sp³-hybridized carbons (Fsp3) is 0.480. The van der Waals surface area contributed by atoms with Crippen molar-refractivity contribution < 1.29 is 9.13 Å². The molecule has 0 bridgehead atoms. The number of nitrogens with one attached hydrogen (secondary N) is 2. The number of hydrogen-bond acceptors (Lipinski definition) is 3. The van der Waals surface area contributed by atoms with Gasteiger partial charge in [0.25, 0.3) is 0 Å². The molecule has 2 aromatic carbocycles. The van der Waals surface area contributed by atoms with E-state index in [-0.39, 0.29) is 11.2 Å². The molecule has 1 saturated heterocycles. The molecule has 0 spiro atoms.